The maximum atomic E-state index is 12.3. The largest absolute Gasteiger partial charge is 0.497 e. The smallest absolute Gasteiger partial charge is 0.253 e. The first-order valence-corrected chi connectivity index (χ1v) is 8.96. The Labute approximate surface area is 164 Å². The van der Waals surface area contributed by atoms with E-state index in [2.05, 4.69) is 31.2 Å². The molecule has 0 fully saturated rings. The van der Waals surface area contributed by atoms with Gasteiger partial charge in [-0.15, -0.1) is 0 Å². The number of aromatic nitrogens is 3. The van der Waals surface area contributed by atoms with Gasteiger partial charge in [0.05, 0.1) is 24.7 Å². The summed E-state index contributed by atoms with van der Waals surface area (Å²) >= 11 is 3.28. The predicted octanol–water partition coefficient (Wildman–Crippen LogP) is 2.51. The summed E-state index contributed by atoms with van der Waals surface area (Å²) in [5.41, 5.74) is 1.68. The van der Waals surface area contributed by atoms with Crippen molar-refractivity contribution in [1.82, 2.24) is 19.9 Å². The Morgan fingerprint density at radius 1 is 1.22 bits per heavy atom. The van der Waals surface area contributed by atoms with E-state index in [4.69, 9.17) is 4.74 Å². The van der Waals surface area contributed by atoms with Crippen LogP contribution in [-0.4, -0.2) is 34.1 Å². The summed E-state index contributed by atoms with van der Waals surface area (Å²) in [6.45, 7) is 0.622. The summed E-state index contributed by atoms with van der Waals surface area (Å²) in [5, 5.41) is 2.76. The third-order valence-electron chi connectivity index (χ3n) is 3.87. The highest BCUT2D eigenvalue weighted by Gasteiger charge is 2.07. The van der Waals surface area contributed by atoms with Gasteiger partial charge < -0.3 is 10.1 Å². The first-order valence-electron chi connectivity index (χ1n) is 8.16. The van der Waals surface area contributed by atoms with Gasteiger partial charge in [-0.2, -0.15) is 0 Å². The van der Waals surface area contributed by atoms with Crippen molar-refractivity contribution in [3.63, 3.8) is 0 Å². The second-order valence-electron chi connectivity index (χ2n) is 5.68. The molecule has 3 aromatic rings. The van der Waals surface area contributed by atoms with Gasteiger partial charge in [0, 0.05) is 41.6 Å². The zero-order chi connectivity index (χ0) is 19.2. The summed E-state index contributed by atoms with van der Waals surface area (Å²) in [5.74, 6) is 0.489. The number of rotatable bonds is 6. The van der Waals surface area contributed by atoms with Gasteiger partial charge in [0.2, 0.25) is 0 Å². The van der Waals surface area contributed by atoms with Crippen molar-refractivity contribution in [3.8, 4) is 17.0 Å². The second-order valence-corrected chi connectivity index (χ2v) is 6.60. The number of nitrogens with zero attached hydrogens (tertiary/aromatic N) is 3. The summed E-state index contributed by atoms with van der Waals surface area (Å²) < 4.78 is 7.30. The lowest BCUT2D eigenvalue weighted by atomic mass is 10.1. The van der Waals surface area contributed by atoms with Crippen LogP contribution in [0.5, 0.6) is 5.75 Å². The van der Waals surface area contributed by atoms with E-state index in [9.17, 15) is 9.59 Å². The number of methoxy groups -OCH3 is 1. The van der Waals surface area contributed by atoms with Gasteiger partial charge in [-0.3, -0.25) is 19.1 Å². The molecular weight excluding hydrogens is 412 g/mol. The zero-order valence-electron chi connectivity index (χ0n) is 14.6. The average Bonchev–Trinajstić information content (AvgIpc) is 2.69. The van der Waals surface area contributed by atoms with Crippen LogP contribution < -0.4 is 15.6 Å². The number of ether oxygens (including phenoxy) is 1. The highest BCUT2D eigenvalue weighted by atomic mass is 79.9. The molecule has 0 radical (unpaired) electrons. The molecule has 2 heterocycles. The number of halogens is 1. The average molecular weight is 429 g/mol. The summed E-state index contributed by atoms with van der Waals surface area (Å²) in [7, 11) is 1.60. The normalized spacial score (nSPS) is 10.4. The predicted molar refractivity (Wildman–Crippen MR) is 105 cm³/mol. The number of carbonyl (C=O) groups is 1. The van der Waals surface area contributed by atoms with E-state index in [-0.39, 0.29) is 11.5 Å². The Balaban J connectivity index is 1.62. The number of carbonyl (C=O) groups excluding carboxylic acids is 1. The van der Waals surface area contributed by atoms with Crippen molar-refractivity contribution in [2.24, 2.45) is 0 Å². The van der Waals surface area contributed by atoms with Crippen LogP contribution in [0, 0.1) is 0 Å². The molecule has 3 rings (SSSR count). The molecule has 0 saturated heterocycles. The van der Waals surface area contributed by atoms with Crippen molar-refractivity contribution >= 4 is 21.8 Å². The van der Waals surface area contributed by atoms with E-state index < -0.39 is 0 Å². The maximum absolute atomic E-state index is 12.3. The Bertz CT molecular complexity index is 1000. The maximum Gasteiger partial charge on any atom is 0.253 e. The summed E-state index contributed by atoms with van der Waals surface area (Å²) in [6, 6.07) is 10.5. The fourth-order valence-corrected chi connectivity index (χ4v) is 2.81. The number of amides is 1. The van der Waals surface area contributed by atoms with Crippen LogP contribution in [0.3, 0.4) is 0 Å². The summed E-state index contributed by atoms with van der Waals surface area (Å²) in [4.78, 5) is 32.7. The summed E-state index contributed by atoms with van der Waals surface area (Å²) in [6.07, 6.45) is 4.57. The van der Waals surface area contributed by atoms with Gasteiger partial charge in [0.25, 0.3) is 11.5 Å². The first-order chi connectivity index (χ1) is 13.1. The number of hydrogen-bond acceptors (Lipinski definition) is 5. The topological polar surface area (TPSA) is 86.1 Å². The van der Waals surface area contributed by atoms with Crippen molar-refractivity contribution in [3.05, 3.63) is 75.5 Å². The molecule has 1 amide bonds. The van der Waals surface area contributed by atoms with Crippen LogP contribution in [0.2, 0.25) is 0 Å². The molecule has 0 spiro atoms. The monoisotopic (exact) mass is 428 g/mol. The lowest BCUT2D eigenvalue weighted by molar-refractivity contribution is 0.0951. The van der Waals surface area contributed by atoms with E-state index in [0.29, 0.717) is 24.3 Å². The van der Waals surface area contributed by atoms with Crippen molar-refractivity contribution in [1.29, 1.82) is 0 Å². The Kier molecular flexibility index (Phi) is 5.97. The lowest BCUT2D eigenvalue weighted by Crippen LogP contribution is -2.30. The molecule has 0 aliphatic rings. The Morgan fingerprint density at radius 3 is 2.67 bits per heavy atom. The minimum absolute atomic E-state index is 0.186. The van der Waals surface area contributed by atoms with Gasteiger partial charge in [-0.1, -0.05) is 0 Å². The van der Waals surface area contributed by atoms with E-state index in [1.807, 2.05) is 24.3 Å². The van der Waals surface area contributed by atoms with Crippen LogP contribution in [0.25, 0.3) is 11.3 Å². The van der Waals surface area contributed by atoms with Gasteiger partial charge in [-0.25, -0.2) is 4.98 Å². The van der Waals surface area contributed by atoms with Crippen LogP contribution in [0.4, 0.5) is 0 Å². The lowest BCUT2D eigenvalue weighted by Gasteiger charge is -2.08. The van der Waals surface area contributed by atoms with Crippen molar-refractivity contribution in [2.75, 3.05) is 13.7 Å². The van der Waals surface area contributed by atoms with Gasteiger partial charge in [-0.05, 0) is 46.3 Å². The molecule has 1 aromatic carbocycles. The third-order valence-corrected chi connectivity index (χ3v) is 4.30. The minimum atomic E-state index is -0.250. The van der Waals surface area contributed by atoms with Crippen LogP contribution in [0.1, 0.15) is 10.4 Å². The molecule has 0 bridgehead atoms. The minimum Gasteiger partial charge on any atom is -0.497 e. The molecule has 27 heavy (non-hydrogen) atoms. The van der Waals surface area contributed by atoms with Gasteiger partial charge >= 0.3 is 0 Å². The number of nitrogens with one attached hydrogen (secondary N) is 1. The van der Waals surface area contributed by atoms with Crippen LogP contribution >= 0.6 is 15.9 Å². The molecule has 138 valence electrons. The molecular formula is C19H17BrN4O3. The van der Waals surface area contributed by atoms with Crippen molar-refractivity contribution in [2.45, 2.75) is 6.54 Å². The molecule has 0 unspecified atom stereocenters. The van der Waals surface area contributed by atoms with Crippen LogP contribution in [-0.2, 0) is 6.54 Å². The molecule has 8 heteroatoms. The molecule has 1 N–H and O–H groups in total. The highest BCUT2D eigenvalue weighted by molar-refractivity contribution is 9.10. The van der Waals surface area contributed by atoms with Gasteiger partial charge in [0.1, 0.15) is 5.75 Å². The second kappa shape index (κ2) is 8.59. The molecule has 7 nitrogen and oxygen atoms in total. The van der Waals surface area contributed by atoms with E-state index >= 15 is 0 Å². The quantitative estimate of drug-likeness (QED) is 0.651. The number of benzene rings is 1. The first kappa shape index (κ1) is 18.8. The van der Waals surface area contributed by atoms with E-state index in [0.717, 1.165) is 15.8 Å². The molecule has 0 aliphatic carbocycles. The molecule has 0 atom stereocenters. The standard InChI is InChI=1S/C19H17BrN4O3/c1-27-16-4-2-13(3-5-16)17-9-18(25)24(12-23-17)7-6-22-19(26)14-8-15(20)11-21-10-14/h2-5,8-12H,6-7H2,1H3,(H,22,26). The van der Waals surface area contributed by atoms with Gasteiger partial charge in [0.15, 0.2) is 0 Å². The number of hydrogen-bond donors (Lipinski definition) is 1. The highest BCUT2D eigenvalue weighted by Crippen LogP contribution is 2.19. The Hall–Kier alpha value is -3.00. The molecule has 2 aromatic heterocycles. The third kappa shape index (κ3) is 4.79. The number of pyridine rings is 1. The van der Waals surface area contributed by atoms with Crippen molar-refractivity contribution < 1.29 is 9.53 Å². The zero-order valence-corrected chi connectivity index (χ0v) is 16.1. The fourth-order valence-electron chi connectivity index (χ4n) is 2.44. The van der Waals surface area contributed by atoms with E-state index in [1.165, 1.54) is 23.2 Å². The van der Waals surface area contributed by atoms with E-state index in [1.54, 1.807) is 19.4 Å². The fraction of sp³-hybridized carbons (Fsp3) is 0.158. The SMILES string of the molecule is COc1ccc(-c2cc(=O)n(CCNC(=O)c3cncc(Br)c3)cn2)cc1. The molecule has 0 saturated carbocycles. The van der Waals surface area contributed by atoms with Crippen LogP contribution in [0.15, 0.2) is 64.4 Å². The Morgan fingerprint density at radius 2 is 2.00 bits per heavy atom. The molecule has 0 aliphatic heterocycles.